The average molecular weight is 318 g/mol. The standard InChI is InChI=1S/C19H14N2O3/c1-23-16-9-8-14(19(22)21-12-5-4-10-20-11-12)17-13-6-2-3-7-15(13)24-18(16)17/h2-11H,1H3,(H,21,22). The maximum Gasteiger partial charge on any atom is 0.256 e. The van der Waals surface area contributed by atoms with Crippen LogP contribution in [0, 0.1) is 0 Å². The van der Waals surface area contributed by atoms with Gasteiger partial charge in [-0.1, -0.05) is 18.2 Å². The number of nitrogens with zero attached hydrogens (tertiary/aromatic N) is 1. The number of hydrogen-bond acceptors (Lipinski definition) is 4. The zero-order valence-corrected chi connectivity index (χ0v) is 12.9. The highest BCUT2D eigenvalue weighted by molar-refractivity contribution is 6.20. The molecule has 4 aromatic rings. The van der Waals surface area contributed by atoms with E-state index in [0.717, 1.165) is 10.8 Å². The van der Waals surface area contributed by atoms with Crippen LogP contribution in [0.5, 0.6) is 5.75 Å². The lowest BCUT2D eigenvalue weighted by Crippen LogP contribution is -2.12. The van der Waals surface area contributed by atoms with Crippen LogP contribution in [0.15, 0.2) is 65.3 Å². The topological polar surface area (TPSA) is 64.4 Å². The van der Waals surface area contributed by atoms with Gasteiger partial charge in [-0.25, -0.2) is 0 Å². The Bertz CT molecular complexity index is 1040. The van der Waals surface area contributed by atoms with Gasteiger partial charge in [0, 0.05) is 17.0 Å². The summed E-state index contributed by atoms with van der Waals surface area (Å²) >= 11 is 0. The molecule has 0 saturated carbocycles. The summed E-state index contributed by atoms with van der Waals surface area (Å²) in [5.41, 5.74) is 2.45. The van der Waals surface area contributed by atoms with E-state index in [4.69, 9.17) is 9.15 Å². The van der Waals surface area contributed by atoms with E-state index >= 15 is 0 Å². The number of anilines is 1. The molecule has 0 aliphatic carbocycles. The van der Waals surface area contributed by atoms with Crippen molar-refractivity contribution in [2.24, 2.45) is 0 Å². The van der Waals surface area contributed by atoms with Crippen molar-refractivity contribution in [2.45, 2.75) is 0 Å². The number of pyridine rings is 1. The fraction of sp³-hybridized carbons (Fsp3) is 0.0526. The molecule has 0 aliphatic rings. The molecule has 2 heterocycles. The minimum Gasteiger partial charge on any atom is -0.493 e. The van der Waals surface area contributed by atoms with Crippen molar-refractivity contribution in [3.63, 3.8) is 0 Å². The van der Waals surface area contributed by atoms with Crippen LogP contribution in [-0.4, -0.2) is 18.0 Å². The van der Waals surface area contributed by atoms with Gasteiger partial charge in [-0.2, -0.15) is 0 Å². The summed E-state index contributed by atoms with van der Waals surface area (Å²) in [4.78, 5) is 16.8. The van der Waals surface area contributed by atoms with Gasteiger partial charge in [0.25, 0.3) is 5.91 Å². The summed E-state index contributed by atoms with van der Waals surface area (Å²) in [5, 5.41) is 4.48. The molecule has 118 valence electrons. The second kappa shape index (κ2) is 5.70. The van der Waals surface area contributed by atoms with Crippen LogP contribution in [0.25, 0.3) is 21.9 Å². The molecule has 5 nitrogen and oxygen atoms in total. The molecule has 4 rings (SSSR count). The molecule has 0 unspecified atom stereocenters. The lowest BCUT2D eigenvalue weighted by atomic mass is 10.0. The van der Waals surface area contributed by atoms with E-state index in [1.54, 1.807) is 43.8 Å². The number of aromatic nitrogens is 1. The molecule has 0 atom stereocenters. The summed E-state index contributed by atoms with van der Waals surface area (Å²) in [6, 6.07) is 14.7. The number of furan rings is 1. The van der Waals surface area contributed by atoms with E-state index in [1.807, 2.05) is 24.3 Å². The molecule has 1 N–H and O–H groups in total. The molecular weight excluding hydrogens is 304 g/mol. The summed E-state index contributed by atoms with van der Waals surface area (Å²) < 4.78 is 11.3. The molecule has 5 heteroatoms. The van der Waals surface area contributed by atoms with Crippen LogP contribution < -0.4 is 10.1 Å². The predicted molar refractivity (Wildman–Crippen MR) is 92.5 cm³/mol. The Labute approximate surface area is 137 Å². The van der Waals surface area contributed by atoms with Gasteiger partial charge in [-0.15, -0.1) is 0 Å². The maximum absolute atomic E-state index is 12.7. The van der Waals surface area contributed by atoms with Crippen molar-refractivity contribution >= 4 is 33.5 Å². The van der Waals surface area contributed by atoms with Gasteiger partial charge in [0.05, 0.1) is 24.6 Å². The first-order chi connectivity index (χ1) is 11.8. The van der Waals surface area contributed by atoms with E-state index in [2.05, 4.69) is 10.3 Å². The number of ether oxygens (including phenoxy) is 1. The number of carbonyl (C=O) groups is 1. The minimum absolute atomic E-state index is 0.220. The lowest BCUT2D eigenvalue weighted by molar-refractivity contribution is 0.102. The molecule has 0 saturated heterocycles. The number of rotatable bonds is 3. The molecule has 1 amide bonds. The molecule has 24 heavy (non-hydrogen) atoms. The third-order valence-electron chi connectivity index (χ3n) is 3.87. The average Bonchev–Trinajstić information content (AvgIpc) is 3.01. The molecule has 2 aromatic heterocycles. The van der Waals surface area contributed by atoms with Crippen molar-refractivity contribution in [1.82, 2.24) is 4.98 Å². The lowest BCUT2D eigenvalue weighted by Gasteiger charge is -2.07. The van der Waals surface area contributed by atoms with Gasteiger partial charge in [0.1, 0.15) is 5.58 Å². The van der Waals surface area contributed by atoms with Crippen LogP contribution in [0.3, 0.4) is 0 Å². The fourth-order valence-corrected chi connectivity index (χ4v) is 2.79. The number of nitrogens with one attached hydrogen (secondary N) is 1. The highest BCUT2D eigenvalue weighted by atomic mass is 16.5. The van der Waals surface area contributed by atoms with Crippen LogP contribution in [-0.2, 0) is 0 Å². The van der Waals surface area contributed by atoms with Crippen molar-refractivity contribution in [3.05, 3.63) is 66.5 Å². The normalized spacial score (nSPS) is 10.9. The zero-order chi connectivity index (χ0) is 16.5. The quantitative estimate of drug-likeness (QED) is 0.613. The van der Waals surface area contributed by atoms with Crippen molar-refractivity contribution in [1.29, 1.82) is 0 Å². The first-order valence-corrected chi connectivity index (χ1v) is 7.47. The second-order valence-electron chi connectivity index (χ2n) is 5.31. The van der Waals surface area contributed by atoms with E-state index in [-0.39, 0.29) is 5.91 Å². The van der Waals surface area contributed by atoms with Gasteiger partial charge in [-0.3, -0.25) is 9.78 Å². The Morgan fingerprint density at radius 3 is 2.79 bits per heavy atom. The van der Waals surface area contributed by atoms with E-state index in [0.29, 0.717) is 28.2 Å². The number of amides is 1. The zero-order valence-electron chi connectivity index (χ0n) is 12.9. The Hall–Kier alpha value is -3.34. The molecule has 0 spiro atoms. The van der Waals surface area contributed by atoms with Gasteiger partial charge < -0.3 is 14.5 Å². The van der Waals surface area contributed by atoms with E-state index in [9.17, 15) is 4.79 Å². The summed E-state index contributed by atoms with van der Waals surface area (Å²) in [6.07, 6.45) is 3.26. The van der Waals surface area contributed by atoms with Crippen LogP contribution in [0.2, 0.25) is 0 Å². The van der Waals surface area contributed by atoms with Gasteiger partial charge in [0.2, 0.25) is 0 Å². The number of methoxy groups -OCH3 is 1. The maximum atomic E-state index is 12.7. The Balaban J connectivity index is 1.90. The molecule has 0 fully saturated rings. The number of para-hydroxylation sites is 1. The summed E-state index contributed by atoms with van der Waals surface area (Å²) in [6.45, 7) is 0. The van der Waals surface area contributed by atoms with E-state index in [1.165, 1.54) is 0 Å². The van der Waals surface area contributed by atoms with E-state index < -0.39 is 0 Å². The Morgan fingerprint density at radius 2 is 2.00 bits per heavy atom. The number of hydrogen-bond donors (Lipinski definition) is 1. The smallest absolute Gasteiger partial charge is 0.256 e. The first kappa shape index (κ1) is 14.3. The fourth-order valence-electron chi connectivity index (χ4n) is 2.79. The second-order valence-corrected chi connectivity index (χ2v) is 5.31. The molecule has 2 aromatic carbocycles. The van der Waals surface area contributed by atoms with Gasteiger partial charge in [-0.05, 0) is 30.3 Å². The van der Waals surface area contributed by atoms with Crippen LogP contribution in [0.1, 0.15) is 10.4 Å². The van der Waals surface area contributed by atoms with Gasteiger partial charge in [0.15, 0.2) is 11.3 Å². The molecule has 0 aliphatic heterocycles. The SMILES string of the molecule is COc1ccc(C(=O)Nc2cccnc2)c2c1oc1ccccc12. The van der Waals surface area contributed by atoms with Crippen LogP contribution >= 0.6 is 0 Å². The van der Waals surface area contributed by atoms with Crippen molar-refractivity contribution in [3.8, 4) is 5.75 Å². The third kappa shape index (κ3) is 2.27. The predicted octanol–water partition coefficient (Wildman–Crippen LogP) is 4.24. The highest BCUT2D eigenvalue weighted by Gasteiger charge is 2.19. The summed E-state index contributed by atoms with van der Waals surface area (Å²) in [5.74, 6) is 0.376. The summed E-state index contributed by atoms with van der Waals surface area (Å²) in [7, 11) is 1.58. The Kier molecular flexibility index (Phi) is 3.39. The van der Waals surface area contributed by atoms with Gasteiger partial charge >= 0.3 is 0 Å². The molecular formula is C19H14N2O3. The minimum atomic E-state index is -0.220. The Morgan fingerprint density at radius 1 is 1.12 bits per heavy atom. The molecule has 0 radical (unpaired) electrons. The monoisotopic (exact) mass is 318 g/mol. The number of fused-ring (bicyclic) bond motifs is 3. The van der Waals surface area contributed by atoms with Crippen LogP contribution in [0.4, 0.5) is 5.69 Å². The van der Waals surface area contributed by atoms with Crippen molar-refractivity contribution in [2.75, 3.05) is 12.4 Å². The van der Waals surface area contributed by atoms with Crippen molar-refractivity contribution < 1.29 is 13.9 Å². The number of benzene rings is 2. The number of carbonyl (C=O) groups excluding carboxylic acids is 1. The largest absolute Gasteiger partial charge is 0.493 e. The molecule has 0 bridgehead atoms. The highest BCUT2D eigenvalue weighted by Crippen LogP contribution is 2.37. The first-order valence-electron chi connectivity index (χ1n) is 7.47. The third-order valence-corrected chi connectivity index (χ3v) is 3.87.